The molecule has 118 valence electrons. The molecule has 1 amide bonds. The number of carbonyl (C=O) groups is 1. The fourth-order valence-electron chi connectivity index (χ4n) is 2.37. The highest BCUT2D eigenvalue weighted by Crippen LogP contribution is 2.31. The molecule has 3 N–H and O–H groups in total. The van der Waals surface area contributed by atoms with Crippen LogP contribution in [0.1, 0.15) is 28.8 Å². The third-order valence-electron chi connectivity index (χ3n) is 3.79. The summed E-state index contributed by atoms with van der Waals surface area (Å²) in [6.45, 7) is 1.05. The zero-order chi connectivity index (χ0) is 14.7. The second-order valence-electron chi connectivity index (χ2n) is 5.46. The van der Waals surface area contributed by atoms with Gasteiger partial charge in [-0.3, -0.25) is 4.79 Å². The van der Waals surface area contributed by atoms with Gasteiger partial charge in [0.1, 0.15) is 12.7 Å². The third-order valence-corrected chi connectivity index (χ3v) is 3.79. The van der Waals surface area contributed by atoms with Gasteiger partial charge < -0.3 is 11.1 Å². The van der Waals surface area contributed by atoms with Gasteiger partial charge in [-0.1, -0.05) is 18.2 Å². The highest BCUT2D eigenvalue weighted by Gasteiger charge is 2.28. The van der Waals surface area contributed by atoms with Crippen LogP contribution in [0.15, 0.2) is 36.9 Å². The first kappa shape index (κ1) is 16.5. The van der Waals surface area contributed by atoms with Gasteiger partial charge in [0, 0.05) is 18.2 Å². The molecule has 1 aromatic heterocycles. The second-order valence-corrected chi connectivity index (χ2v) is 5.46. The molecule has 22 heavy (non-hydrogen) atoms. The zero-order valence-electron chi connectivity index (χ0n) is 12.2. The van der Waals surface area contributed by atoms with Gasteiger partial charge in [-0.25, -0.2) is 9.67 Å². The number of hydrogen-bond donors (Lipinski definition) is 2. The first-order valence-corrected chi connectivity index (χ1v) is 7.18. The monoisotopic (exact) mass is 321 g/mol. The number of carbonyl (C=O) groups excluding carboxylic acids is 1. The summed E-state index contributed by atoms with van der Waals surface area (Å²) in [6, 6.07) is 7.60. The Morgan fingerprint density at radius 3 is 2.86 bits per heavy atom. The van der Waals surface area contributed by atoms with Crippen LogP contribution in [-0.4, -0.2) is 33.3 Å². The quantitative estimate of drug-likeness (QED) is 0.837. The fourth-order valence-corrected chi connectivity index (χ4v) is 2.37. The maximum absolute atomic E-state index is 12.3. The molecule has 3 rings (SSSR count). The highest BCUT2D eigenvalue weighted by atomic mass is 35.5. The summed E-state index contributed by atoms with van der Waals surface area (Å²) in [4.78, 5) is 16.2. The molecular weight excluding hydrogens is 302 g/mol. The first-order valence-electron chi connectivity index (χ1n) is 7.18. The van der Waals surface area contributed by atoms with Crippen molar-refractivity contribution in [2.24, 2.45) is 11.7 Å². The lowest BCUT2D eigenvalue weighted by Crippen LogP contribution is -2.38. The van der Waals surface area contributed by atoms with Crippen molar-refractivity contribution in [1.82, 2.24) is 20.1 Å². The van der Waals surface area contributed by atoms with Gasteiger partial charge in [0.15, 0.2) is 0 Å². The zero-order valence-corrected chi connectivity index (χ0v) is 13.0. The number of aromatic nitrogens is 3. The summed E-state index contributed by atoms with van der Waals surface area (Å²) in [5.41, 5.74) is 7.60. The topological polar surface area (TPSA) is 85.8 Å². The molecule has 6 nitrogen and oxygen atoms in total. The van der Waals surface area contributed by atoms with Crippen LogP contribution >= 0.6 is 12.4 Å². The summed E-state index contributed by atoms with van der Waals surface area (Å²) in [5.74, 6) is 0.498. The van der Waals surface area contributed by atoms with Gasteiger partial charge in [-0.05, 0) is 30.4 Å². The Bertz CT molecular complexity index is 612. The lowest BCUT2D eigenvalue weighted by atomic mass is 10.1. The molecular formula is C15H20ClN5O. The summed E-state index contributed by atoms with van der Waals surface area (Å²) >= 11 is 0. The van der Waals surface area contributed by atoms with Gasteiger partial charge >= 0.3 is 0 Å². The Morgan fingerprint density at radius 1 is 1.41 bits per heavy atom. The Balaban J connectivity index is 0.00000176. The van der Waals surface area contributed by atoms with Gasteiger partial charge in [0.05, 0.1) is 6.54 Å². The third kappa shape index (κ3) is 4.05. The number of rotatable bonds is 6. The summed E-state index contributed by atoms with van der Waals surface area (Å²) in [6.07, 6.45) is 5.48. The van der Waals surface area contributed by atoms with Crippen LogP contribution in [0.25, 0.3) is 0 Å². The van der Waals surface area contributed by atoms with E-state index in [1.54, 1.807) is 11.0 Å². The van der Waals surface area contributed by atoms with E-state index in [1.165, 1.54) is 19.2 Å². The van der Waals surface area contributed by atoms with Gasteiger partial charge in [0.25, 0.3) is 5.91 Å². The van der Waals surface area contributed by atoms with Crippen LogP contribution in [0, 0.1) is 5.92 Å². The Morgan fingerprint density at radius 2 is 2.18 bits per heavy atom. The van der Waals surface area contributed by atoms with E-state index in [2.05, 4.69) is 15.4 Å². The fraction of sp³-hybridized carbons (Fsp3) is 0.400. The maximum atomic E-state index is 12.3. The molecule has 0 spiro atoms. The average Bonchev–Trinajstić information content (AvgIpc) is 3.23. The highest BCUT2D eigenvalue weighted by molar-refractivity contribution is 5.95. The van der Waals surface area contributed by atoms with E-state index in [0.717, 1.165) is 5.56 Å². The van der Waals surface area contributed by atoms with Crippen molar-refractivity contribution in [3.05, 3.63) is 48.0 Å². The van der Waals surface area contributed by atoms with E-state index >= 15 is 0 Å². The van der Waals surface area contributed by atoms with Crippen LogP contribution in [-0.2, 0) is 6.54 Å². The molecule has 1 unspecified atom stereocenters. The van der Waals surface area contributed by atoms with Crippen LogP contribution in [0.2, 0.25) is 0 Å². The van der Waals surface area contributed by atoms with Crippen LogP contribution in [0.5, 0.6) is 0 Å². The number of nitrogens with two attached hydrogens (primary N) is 1. The number of nitrogens with one attached hydrogen (secondary N) is 1. The van der Waals surface area contributed by atoms with Crippen molar-refractivity contribution >= 4 is 18.3 Å². The van der Waals surface area contributed by atoms with E-state index in [0.29, 0.717) is 24.6 Å². The Hall–Kier alpha value is -1.92. The molecule has 0 radical (unpaired) electrons. The van der Waals surface area contributed by atoms with Crippen LogP contribution in [0.4, 0.5) is 0 Å². The van der Waals surface area contributed by atoms with Crippen molar-refractivity contribution < 1.29 is 4.79 Å². The summed E-state index contributed by atoms with van der Waals surface area (Å²) < 4.78 is 1.70. The first-order chi connectivity index (χ1) is 10.2. The summed E-state index contributed by atoms with van der Waals surface area (Å²) in [5, 5.41) is 7.00. The number of hydrogen-bond acceptors (Lipinski definition) is 4. The lowest BCUT2D eigenvalue weighted by molar-refractivity contribution is 0.0949. The standard InChI is InChI=1S/C15H19N5O.ClH/c16-14(11-5-6-11)7-18-15(21)13-4-2-1-3-12(13)8-20-10-17-9-19-20;/h1-4,9-11,14H,5-8,16H2,(H,18,21);1H. The molecule has 1 aliphatic rings. The molecule has 0 aliphatic heterocycles. The van der Waals surface area contributed by atoms with E-state index in [9.17, 15) is 4.79 Å². The SMILES string of the molecule is Cl.NC(CNC(=O)c1ccccc1Cn1cncn1)C1CC1. The molecule has 1 heterocycles. The van der Waals surface area contributed by atoms with E-state index in [-0.39, 0.29) is 24.4 Å². The Labute approximate surface area is 135 Å². The molecule has 1 atom stereocenters. The molecule has 1 aromatic carbocycles. The van der Waals surface area contributed by atoms with Crippen molar-refractivity contribution in [2.45, 2.75) is 25.4 Å². The number of nitrogens with zero attached hydrogens (tertiary/aromatic N) is 3. The molecule has 1 fully saturated rings. The predicted molar refractivity (Wildman–Crippen MR) is 85.8 cm³/mol. The Kier molecular flexibility index (Phi) is 5.51. The number of amides is 1. The van der Waals surface area contributed by atoms with Crippen LogP contribution in [0.3, 0.4) is 0 Å². The summed E-state index contributed by atoms with van der Waals surface area (Å²) in [7, 11) is 0. The van der Waals surface area contributed by atoms with E-state index in [1.807, 2.05) is 24.3 Å². The molecule has 0 bridgehead atoms. The molecule has 1 aliphatic carbocycles. The molecule has 1 saturated carbocycles. The predicted octanol–water partition coefficient (Wildman–Crippen LogP) is 1.22. The van der Waals surface area contributed by atoms with E-state index in [4.69, 9.17) is 5.73 Å². The second kappa shape index (κ2) is 7.38. The number of benzene rings is 1. The lowest BCUT2D eigenvalue weighted by Gasteiger charge is -2.13. The normalized spacial score (nSPS) is 15.0. The van der Waals surface area contributed by atoms with Crippen molar-refractivity contribution in [3.8, 4) is 0 Å². The van der Waals surface area contributed by atoms with Crippen molar-refractivity contribution in [2.75, 3.05) is 6.54 Å². The largest absolute Gasteiger partial charge is 0.350 e. The van der Waals surface area contributed by atoms with Crippen LogP contribution < -0.4 is 11.1 Å². The van der Waals surface area contributed by atoms with E-state index < -0.39 is 0 Å². The molecule has 7 heteroatoms. The smallest absolute Gasteiger partial charge is 0.251 e. The molecule has 0 saturated heterocycles. The average molecular weight is 322 g/mol. The van der Waals surface area contributed by atoms with Gasteiger partial charge in [-0.2, -0.15) is 5.10 Å². The van der Waals surface area contributed by atoms with Crippen molar-refractivity contribution in [1.29, 1.82) is 0 Å². The minimum absolute atomic E-state index is 0. The van der Waals surface area contributed by atoms with Crippen molar-refractivity contribution in [3.63, 3.8) is 0 Å². The maximum Gasteiger partial charge on any atom is 0.251 e. The minimum atomic E-state index is -0.0817. The van der Waals surface area contributed by atoms with Gasteiger partial charge in [-0.15, -0.1) is 12.4 Å². The minimum Gasteiger partial charge on any atom is -0.350 e. The number of halogens is 1. The van der Waals surface area contributed by atoms with Gasteiger partial charge in [0.2, 0.25) is 0 Å². The molecule has 2 aromatic rings.